The van der Waals surface area contributed by atoms with Gasteiger partial charge in [0.1, 0.15) is 24.7 Å². The van der Waals surface area contributed by atoms with Gasteiger partial charge in [-0.2, -0.15) is 0 Å². The molecule has 0 aliphatic carbocycles. The Labute approximate surface area is 190 Å². The Kier molecular flexibility index (Phi) is 8.90. The summed E-state index contributed by atoms with van der Waals surface area (Å²) in [5, 5.41) is 0. The van der Waals surface area contributed by atoms with Gasteiger partial charge in [0.25, 0.3) is 0 Å². The Balaban J connectivity index is 2.02. The zero-order chi connectivity index (χ0) is 22.9. The standard InChI is InChI=1S/C25H33NO6/c1-18-13-20(3)24-22(15-18)26(17-27)23-16-19(2)14-21(4)25(23)32-12-10-30-8-6-28-5-7-29-9-11-31-24/h13-17H,5-12H2,1-4H3. The number of amides is 1. The molecule has 2 aromatic rings. The molecule has 7 heteroatoms. The molecule has 1 amide bonds. The largest absolute Gasteiger partial charge is 0.489 e. The number of aryl methyl sites for hydroxylation is 4. The van der Waals surface area contributed by atoms with E-state index >= 15 is 0 Å². The van der Waals surface area contributed by atoms with Crippen molar-refractivity contribution in [2.45, 2.75) is 27.7 Å². The summed E-state index contributed by atoms with van der Waals surface area (Å²) >= 11 is 0. The monoisotopic (exact) mass is 443 g/mol. The average molecular weight is 444 g/mol. The number of hydrogen-bond acceptors (Lipinski definition) is 6. The maximum Gasteiger partial charge on any atom is 0.218 e. The van der Waals surface area contributed by atoms with E-state index < -0.39 is 0 Å². The topological polar surface area (TPSA) is 66.5 Å². The Morgan fingerprint density at radius 1 is 0.625 bits per heavy atom. The van der Waals surface area contributed by atoms with Gasteiger partial charge in [-0.05, 0) is 62.1 Å². The van der Waals surface area contributed by atoms with E-state index in [1.165, 1.54) is 0 Å². The molecular weight excluding hydrogens is 410 g/mol. The summed E-state index contributed by atoms with van der Waals surface area (Å²) in [7, 11) is 0. The summed E-state index contributed by atoms with van der Waals surface area (Å²) in [4.78, 5) is 14.0. The second-order valence-electron chi connectivity index (χ2n) is 7.87. The van der Waals surface area contributed by atoms with E-state index in [4.69, 9.17) is 23.7 Å². The summed E-state index contributed by atoms with van der Waals surface area (Å²) in [5.41, 5.74) is 5.32. The van der Waals surface area contributed by atoms with Crippen molar-refractivity contribution in [2.75, 3.05) is 57.8 Å². The van der Waals surface area contributed by atoms with Crippen molar-refractivity contribution >= 4 is 17.8 Å². The summed E-state index contributed by atoms with van der Waals surface area (Å²) in [6.45, 7) is 11.5. The minimum atomic E-state index is 0.364. The first-order chi connectivity index (χ1) is 15.5. The smallest absolute Gasteiger partial charge is 0.218 e. The van der Waals surface area contributed by atoms with Crippen molar-refractivity contribution in [3.63, 3.8) is 0 Å². The third kappa shape index (κ3) is 6.22. The Bertz CT molecular complexity index is 844. The van der Waals surface area contributed by atoms with Gasteiger partial charge >= 0.3 is 0 Å². The van der Waals surface area contributed by atoms with Gasteiger partial charge in [-0.3, -0.25) is 9.69 Å². The average Bonchev–Trinajstić information content (AvgIpc) is 2.74. The van der Waals surface area contributed by atoms with Gasteiger partial charge < -0.3 is 23.7 Å². The highest BCUT2D eigenvalue weighted by molar-refractivity contribution is 5.92. The molecule has 0 atom stereocenters. The molecule has 0 saturated heterocycles. The number of carbonyl (C=O) groups is 1. The Morgan fingerprint density at radius 3 is 1.38 bits per heavy atom. The van der Waals surface area contributed by atoms with Gasteiger partial charge in [-0.25, -0.2) is 0 Å². The van der Waals surface area contributed by atoms with Crippen LogP contribution in [0.15, 0.2) is 24.3 Å². The van der Waals surface area contributed by atoms with E-state index in [9.17, 15) is 4.79 Å². The number of fused-ring (bicyclic) bond motifs is 2. The predicted octanol–water partition coefficient (Wildman–Crippen LogP) is 4.04. The first-order valence-electron chi connectivity index (χ1n) is 11.0. The molecule has 0 N–H and O–H groups in total. The highest BCUT2D eigenvalue weighted by atomic mass is 16.6. The van der Waals surface area contributed by atoms with Gasteiger partial charge in [-0.15, -0.1) is 0 Å². The van der Waals surface area contributed by atoms with Crippen LogP contribution in [0.5, 0.6) is 11.5 Å². The second-order valence-corrected chi connectivity index (χ2v) is 7.87. The molecule has 0 fully saturated rings. The van der Waals surface area contributed by atoms with Crippen LogP contribution < -0.4 is 14.4 Å². The number of ether oxygens (including phenoxy) is 5. The van der Waals surface area contributed by atoms with E-state index in [1.807, 2.05) is 52.0 Å². The second kappa shape index (κ2) is 11.9. The molecule has 1 heterocycles. The fourth-order valence-electron chi connectivity index (χ4n) is 3.79. The van der Waals surface area contributed by atoms with Crippen LogP contribution in [-0.4, -0.2) is 59.3 Å². The van der Waals surface area contributed by atoms with Crippen molar-refractivity contribution in [1.82, 2.24) is 0 Å². The van der Waals surface area contributed by atoms with Crippen LogP contribution in [0, 0.1) is 27.7 Å². The number of rotatable bonds is 1. The molecule has 1 aliphatic rings. The summed E-state index contributed by atoms with van der Waals surface area (Å²) in [5.74, 6) is 1.30. The minimum Gasteiger partial charge on any atom is -0.489 e. The molecule has 7 nitrogen and oxygen atoms in total. The maximum atomic E-state index is 12.4. The fourth-order valence-corrected chi connectivity index (χ4v) is 3.79. The number of anilines is 2. The van der Waals surface area contributed by atoms with Crippen molar-refractivity contribution in [2.24, 2.45) is 0 Å². The summed E-state index contributed by atoms with van der Waals surface area (Å²) in [6, 6.07) is 7.99. The van der Waals surface area contributed by atoms with Crippen molar-refractivity contribution in [3.05, 3.63) is 46.5 Å². The molecule has 32 heavy (non-hydrogen) atoms. The molecule has 0 aromatic heterocycles. The van der Waals surface area contributed by atoms with E-state index in [2.05, 4.69) is 0 Å². The highest BCUT2D eigenvalue weighted by Gasteiger charge is 2.22. The van der Waals surface area contributed by atoms with Crippen LogP contribution in [0.25, 0.3) is 0 Å². The molecule has 2 aromatic carbocycles. The lowest BCUT2D eigenvalue weighted by molar-refractivity contribution is -0.106. The number of hydrogen-bond donors (Lipinski definition) is 0. The number of carbonyl (C=O) groups excluding carboxylic acids is 1. The molecular formula is C25H33NO6. The van der Waals surface area contributed by atoms with Crippen LogP contribution in [0.4, 0.5) is 11.4 Å². The SMILES string of the molecule is Cc1cc(C)c2c(c1)N(C=O)c1cc(C)cc(C)c1OCCOCCOCCOCCO2. The Hall–Kier alpha value is -2.61. The first-order valence-corrected chi connectivity index (χ1v) is 11.0. The molecule has 0 radical (unpaired) electrons. The zero-order valence-electron chi connectivity index (χ0n) is 19.4. The van der Waals surface area contributed by atoms with Crippen LogP contribution >= 0.6 is 0 Å². The highest BCUT2D eigenvalue weighted by Crippen LogP contribution is 2.42. The van der Waals surface area contributed by atoms with Gasteiger partial charge in [0.15, 0.2) is 0 Å². The van der Waals surface area contributed by atoms with E-state index in [0.717, 1.165) is 28.7 Å². The molecule has 0 unspecified atom stereocenters. The lowest BCUT2D eigenvalue weighted by Gasteiger charge is -2.26. The van der Waals surface area contributed by atoms with Gasteiger partial charge in [0, 0.05) is 0 Å². The molecule has 3 rings (SSSR count). The van der Waals surface area contributed by atoms with Crippen LogP contribution in [0.1, 0.15) is 22.3 Å². The van der Waals surface area contributed by atoms with Crippen LogP contribution in [0.2, 0.25) is 0 Å². The first kappa shape index (κ1) is 24.0. The third-order valence-corrected chi connectivity index (χ3v) is 5.12. The lowest BCUT2D eigenvalue weighted by atomic mass is 10.1. The van der Waals surface area contributed by atoms with Crippen molar-refractivity contribution in [3.8, 4) is 11.5 Å². The van der Waals surface area contributed by atoms with Crippen LogP contribution in [0.3, 0.4) is 0 Å². The van der Waals surface area contributed by atoms with E-state index in [1.54, 1.807) is 4.90 Å². The van der Waals surface area contributed by atoms with Crippen molar-refractivity contribution < 1.29 is 28.5 Å². The number of nitrogens with zero attached hydrogens (tertiary/aromatic N) is 1. The van der Waals surface area contributed by atoms with E-state index in [-0.39, 0.29) is 0 Å². The predicted molar refractivity (Wildman–Crippen MR) is 123 cm³/mol. The van der Waals surface area contributed by atoms with Gasteiger partial charge in [0.05, 0.1) is 51.0 Å². The molecule has 174 valence electrons. The molecule has 0 saturated carbocycles. The van der Waals surface area contributed by atoms with Gasteiger partial charge in [-0.1, -0.05) is 12.1 Å². The van der Waals surface area contributed by atoms with Gasteiger partial charge in [0.2, 0.25) is 6.41 Å². The zero-order valence-corrected chi connectivity index (χ0v) is 19.4. The summed E-state index contributed by atoms with van der Waals surface area (Å²) < 4.78 is 28.9. The van der Waals surface area contributed by atoms with E-state index in [0.29, 0.717) is 75.7 Å². The minimum absolute atomic E-state index is 0.364. The maximum absolute atomic E-state index is 12.4. The lowest BCUT2D eigenvalue weighted by Crippen LogP contribution is -2.20. The third-order valence-electron chi connectivity index (χ3n) is 5.12. The normalized spacial score (nSPS) is 16.6. The molecule has 1 aliphatic heterocycles. The fraction of sp³-hybridized carbons (Fsp3) is 0.480. The quantitative estimate of drug-likeness (QED) is 0.620. The molecule has 0 spiro atoms. The Morgan fingerprint density at radius 2 is 1.00 bits per heavy atom. The number of benzene rings is 2. The summed E-state index contributed by atoms with van der Waals surface area (Å²) in [6.07, 6.45) is 0.810. The van der Waals surface area contributed by atoms with Crippen LogP contribution in [-0.2, 0) is 19.0 Å². The molecule has 0 bridgehead atoms. The van der Waals surface area contributed by atoms with Crippen molar-refractivity contribution in [1.29, 1.82) is 0 Å².